The Morgan fingerprint density at radius 2 is 2.00 bits per heavy atom. The van der Waals surface area contributed by atoms with Crippen LogP contribution in [-0.4, -0.2) is 23.4 Å². The largest absolute Gasteiger partial charge is 0.370 e. The Morgan fingerprint density at radius 3 is 2.58 bits per heavy atom. The van der Waals surface area contributed by atoms with Crippen molar-refractivity contribution in [1.82, 2.24) is 4.90 Å². The lowest BCUT2D eigenvalue weighted by Gasteiger charge is -2.64. The smallest absolute Gasteiger partial charge is 0.188 e. The van der Waals surface area contributed by atoms with Crippen molar-refractivity contribution in [3.63, 3.8) is 0 Å². The third-order valence-electron chi connectivity index (χ3n) is 6.77. The van der Waals surface area contributed by atoms with Crippen LogP contribution in [0.25, 0.3) is 0 Å². The summed E-state index contributed by atoms with van der Waals surface area (Å²) in [6, 6.07) is 0.544. The molecular weight excluding hydrogens is 234 g/mol. The van der Waals surface area contributed by atoms with Crippen LogP contribution in [0.3, 0.4) is 0 Å². The molecule has 2 bridgehead atoms. The van der Waals surface area contributed by atoms with Gasteiger partial charge in [0.05, 0.1) is 0 Å². The van der Waals surface area contributed by atoms with E-state index in [1.54, 1.807) is 0 Å². The van der Waals surface area contributed by atoms with Gasteiger partial charge in [0.1, 0.15) is 0 Å². The molecule has 1 heterocycles. The van der Waals surface area contributed by atoms with Gasteiger partial charge in [0.15, 0.2) is 5.96 Å². The van der Waals surface area contributed by atoms with E-state index < -0.39 is 0 Å². The van der Waals surface area contributed by atoms with E-state index in [1.807, 2.05) is 0 Å². The highest BCUT2D eigenvalue weighted by Crippen LogP contribution is 2.64. The summed E-state index contributed by atoms with van der Waals surface area (Å²) in [4.78, 5) is 2.20. The van der Waals surface area contributed by atoms with Crippen molar-refractivity contribution in [2.24, 2.45) is 34.8 Å². The normalized spacial score (nSPS) is 44.6. The molecule has 108 valence electrons. The first-order valence-electron chi connectivity index (χ1n) is 8.03. The standard InChI is InChI=1S/C16H29N3/c1-10-12(8-11-9-13(10)16(11,2)3)14-6-4-5-7-19(14)15(17)18/h10-14H,4-9H2,1-3H3,(H3,17,18)/t10-,11-,12+,13-,14?/m1/s1. The van der Waals surface area contributed by atoms with E-state index in [2.05, 4.69) is 25.7 Å². The van der Waals surface area contributed by atoms with Gasteiger partial charge in [-0.1, -0.05) is 20.8 Å². The fourth-order valence-corrected chi connectivity index (χ4v) is 5.40. The quantitative estimate of drug-likeness (QED) is 0.564. The summed E-state index contributed by atoms with van der Waals surface area (Å²) in [5.41, 5.74) is 6.38. The minimum absolute atomic E-state index is 0.301. The molecule has 3 saturated carbocycles. The van der Waals surface area contributed by atoms with Crippen molar-refractivity contribution in [1.29, 1.82) is 5.41 Å². The molecule has 0 aromatic carbocycles. The molecule has 19 heavy (non-hydrogen) atoms. The number of fused-ring (bicyclic) bond motifs is 2. The fraction of sp³-hybridized carbons (Fsp3) is 0.938. The lowest BCUT2D eigenvalue weighted by Crippen LogP contribution is -2.60. The molecule has 4 fully saturated rings. The number of rotatable bonds is 1. The summed E-state index contributed by atoms with van der Waals surface area (Å²) in [5.74, 6) is 3.67. The maximum atomic E-state index is 7.85. The first kappa shape index (κ1) is 13.3. The van der Waals surface area contributed by atoms with Gasteiger partial charge in [0, 0.05) is 12.6 Å². The Hall–Kier alpha value is -0.730. The van der Waals surface area contributed by atoms with Gasteiger partial charge in [0.25, 0.3) is 0 Å². The van der Waals surface area contributed by atoms with Crippen LogP contribution in [0.15, 0.2) is 0 Å². The molecule has 0 aromatic heterocycles. The van der Waals surface area contributed by atoms with Crippen LogP contribution in [0.4, 0.5) is 0 Å². The number of piperidine rings is 1. The van der Waals surface area contributed by atoms with E-state index in [1.165, 1.54) is 32.1 Å². The Kier molecular flexibility index (Phi) is 3.06. The molecule has 3 heteroatoms. The van der Waals surface area contributed by atoms with Crippen molar-refractivity contribution in [2.45, 2.75) is 58.9 Å². The van der Waals surface area contributed by atoms with Crippen molar-refractivity contribution in [3.05, 3.63) is 0 Å². The SMILES string of the molecule is C[C@@H]1[C@@H](C2CCCCN2C(=N)N)C[C@@H]2C[C@H]1C2(C)C. The average Bonchev–Trinajstić information content (AvgIpc) is 2.38. The first-order chi connectivity index (χ1) is 8.93. The number of hydrogen-bond donors (Lipinski definition) is 2. The van der Waals surface area contributed by atoms with Gasteiger partial charge in [-0.2, -0.15) is 0 Å². The van der Waals surface area contributed by atoms with Gasteiger partial charge >= 0.3 is 0 Å². The Bertz CT molecular complexity index is 376. The summed E-state index contributed by atoms with van der Waals surface area (Å²) < 4.78 is 0. The highest BCUT2D eigenvalue weighted by Gasteiger charge is 2.57. The second-order valence-electron chi connectivity index (χ2n) is 7.76. The Morgan fingerprint density at radius 1 is 1.26 bits per heavy atom. The van der Waals surface area contributed by atoms with Crippen LogP contribution in [0, 0.1) is 34.5 Å². The number of hydrogen-bond acceptors (Lipinski definition) is 1. The molecule has 5 atom stereocenters. The van der Waals surface area contributed by atoms with Gasteiger partial charge < -0.3 is 10.6 Å². The number of likely N-dealkylation sites (tertiary alicyclic amines) is 1. The molecule has 4 aliphatic rings. The molecule has 1 unspecified atom stereocenters. The summed E-state index contributed by atoms with van der Waals surface area (Å²) in [5, 5.41) is 7.85. The molecule has 1 saturated heterocycles. The van der Waals surface area contributed by atoms with Crippen LogP contribution >= 0.6 is 0 Å². The van der Waals surface area contributed by atoms with E-state index in [9.17, 15) is 0 Å². The maximum absolute atomic E-state index is 7.85. The molecule has 4 rings (SSSR count). The first-order valence-corrected chi connectivity index (χ1v) is 8.03. The minimum atomic E-state index is 0.301. The molecule has 3 N–H and O–H groups in total. The zero-order chi connectivity index (χ0) is 13.8. The number of guanidine groups is 1. The third kappa shape index (κ3) is 1.88. The highest BCUT2D eigenvalue weighted by atomic mass is 15.3. The molecule has 0 aromatic rings. The summed E-state index contributed by atoms with van der Waals surface area (Å²) in [6.45, 7) is 8.38. The van der Waals surface area contributed by atoms with Gasteiger partial charge in [0.2, 0.25) is 0 Å². The van der Waals surface area contributed by atoms with Crippen molar-refractivity contribution in [2.75, 3.05) is 6.54 Å². The second-order valence-corrected chi connectivity index (χ2v) is 7.76. The zero-order valence-corrected chi connectivity index (χ0v) is 12.7. The van der Waals surface area contributed by atoms with E-state index in [-0.39, 0.29) is 0 Å². The third-order valence-corrected chi connectivity index (χ3v) is 6.77. The molecular formula is C16H29N3. The fourth-order valence-electron chi connectivity index (χ4n) is 5.40. The number of nitrogens with two attached hydrogens (primary N) is 1. The van der Waals surface area contributed by atoms with E-state index in [0.717, 1.165) is 30.2 Å². The van der Waals surface area contributed by atoms with Crippen LogP contribution in [0.1, 0.15) is 52.9 Å². The van der Waals surface area contributed by atoms with Crippen LogP contribution in [0.5, 0.6) is 0 Å². The van der Waals surface area contributed by atoms with Gasteiger partial charge in [-0.25, -0.2) is 0 Å². The van der Waals surface area contributed by atoms with Gasteiger partial charge in [-0.3, -0.25) is 5.41 Å². The molecule has 1 aliphatic heterocycles. The summed E-state index contributed by atoms with van der Waals surface area (Å²) in [7, 11) is 0. The maximum Gasteiger partial charge on any atom is 0.188 e. The van der Waals surface area contributed by atoms with Gasteiger partial charge in [-0.15, -0.1) is 0 Å². The number of nitrogens with one attached hydrogen (secondary N) is 1. The predicted octanol–water partition coefficient (Wildman–Crippen LogP) is 3.05. The molecule has 0 spiro atoms. The van der Waals surface area contributed by atoms with Crippen molar-refractivity contribution < 1.29 is 0 Å². The van der Waals surface area contributed by atoms with E-state index >= 15 is 0 Å². The highest BCUT2D eigenvalue weighted by molar-refractivity contribution is 5.75. The molecule has 3 nitrogen and oxygen atoms in total. The molecule has 0 amide bonds. The minimum Gasteiger partial charge on any atom is -0.370 e. The molecule has 0 radical (unpaired) electrons. The zero-order valence-electron chi connectivity index (χ0n) is 12.7. The molecule has 3 aliphatic carbocycles. The Balaban J connectivity index is 1.77. The van der Waals surface area contributed by atoms with E-state index in [0.29, 0.717) is 17.4 Å². The predicted molar refractivity (Wildman–Crippen MR) is 78.9 cm³/mol. The lowest BCUT2D eigenvalue weighted by molar-refractivity contribution is -0.143. The Labute approximate surface area is 117 Å². The van der Waals surface area contributed by atoms with Crippen molar-refractivity contribution in [3.8, 4) is 0 Å². The van der Waals surface area contributed by atoms with Crippen LogP contribution in [-0.2, 0) is 0 Å². The topological polar surface area (TPSA) is 53.1 Å². The monoisotopic (exact) mass is 263 g/mol. The van der Waals surface area contributed by atoms with Crippen molar-refractivity contribution >= 4 is 5.96 Å². The van der Waals surface area contributed by atoms with Gasteiger partial charge in [-0.05, 0) is 61.2 Å². The van der Waals surface area contributed by atoms with E-state index in [4.69, 9.17) is 11.1 Å². The summed E-state index contributed by atoms with van der Waals surface area (Å²) in [6.07, 6.45) is 6.57. The second kappa shape index (κ2) is 4.39. The number of nitrogens with zero attached hydrogens (tertiary/aromatic N) is 1. The summed E-state index contributed by atoms with van der Waals surface area (Å²) >= 11 is 0. The van der Waals surface area contributed by atoms with Crippen LogP contribution < -0.4 is 5.73 Å². The average molecular weight is 263 g/mol. The lowest BCUT2D eigenvalue weighted by atomic mass is 9.42. The van der Waals surface area contributed by atoms with Crippen LogP contribution in [0.2, 0.25) is 0 Å².